The van der Waals surface area contributed by atoms with Crippen LogP contribution < -0.4 is 0 Å². The van der Waals surface area contributed by atoms with Gasteiger partial charge in [-0.15, -0.1) is 0 Å². The highest BCUT2D eigenvalue weighted by molar-refractivity contribution is 8.02. The summed E-state index contributed by atoms with van der Waals surface area (Å²) < 4.78 is 18.5. The molecule has 0 aromatic heterocycles. The van der Waals surface area contributed by atoms with Crippen molar-refractivity contribution in [1.29, 1.82) is 5.41 Å². The van der Waals surface area contributed by atoms with E-state index in [2.05, 4.69) is 4.74 Å². The third-order valence-corrected chi connectivity index (χ3v) is 3.40. The smallest absolute Gasteiger partial charge is 0.361 e. The number of hydrogen-bond donors (Lipinski definition) is 1. The largest absolute Gasteiger partial charge is 0.466 e. The molecule has 0 spiro atoms. The molecule has 2 rings (SSSR count). The lowest BCUT2D eigenvalue weighted by molar-refractivity contribution is -0.145. The molecule has 1 heterocycles. The number of hydrogen-bond acceptors (Lipinski definition) is 4. The van der Waals surface area contributed by atoms with E-state index in [-0.39, 0.29) is 5.71 Å². The Bertz CT molecular complexity index is 449. The first-order chi connectivity index (χ1) is 7.09. The summed E-state index contributed by atoms with van der Waals surface area (Å²) in [6.45, 7) is 0. The molecule has 78 valence electrons. The van der Waals surface area contributed by atoms with Crippen LogP contribution in [0.25, 0.3) is 0 Å². The van der Waals surface area contributed by atoms with E-state index in [9.17, 15) is 9.18 Å². The molecule has 1 aliphatic heterocycles. The second-order valence-corrected chi connectivity index (χ2v) is 4.27. The van der Waals surface area contributed by atoms with Gasteiger partial charge in [-0.3, -0.25) is 5.41 Å². The zero-order valence-electron chi connectivity index (χ0n) is 7.91. The molecule has 15 heavy (non-hydrogen) atoms. The van der Waals surface area contributed by atoms with Crippen molar-refractivity contribution in [3.05, 3.63) is 29.8 Å². The first-order valence-corrected chi connectivity index (χ1v) is 5.06. The fourth-order valence-corrected chi connectivity index (χ4v) is 2.52. The van der Waals surface area contributed by atoms with E-state index in [1.807, 2.05) is 0 Å². The molecule has 1 N–H and O–H groups in total. The number of nitrogens with one attached hydrogen (secondary N) is 1. The molecule has 3 nitrogen and oxygen atoms in total. The summed E-state index contributed by atoms with van der Waals surface area (Å²) in [7, 11) is 1.11. The van der Waals surface area contributed by atoms with Crippen molar-refractivity contribution in [2.24, 2.45) is 0 Å². The third kappa shape index (κ3) is 1.34. The molecule has 0 saturated heterocycles. The van der Waals surface area contributed by atoms with Crippen molar-refractivity contribution in [2.45, 2.75) is 9.90 Å². The maximum atomic E-state index is 14.2. The van der Waals surface area contributed by atoms with Crippen LogP contribution in [0.1, 0.15) is 5.56 Å². The molecule has 0 radical (unpaired) electrons. The van der Waals surface area contributed by atoms with Crippen molar-refractivity contribution < 1.29 is 13.9 Å². The predicted octanol–water partition coefficient (Wildman–Crippen LogP) is 2.00. The summed E-state index contributed by atoms with van der Waals surface area (Å²) >= 11 is 0.714. The highest BCUT2D eigenvalue weighted by Crippen LogP contribution is 2.46. The zero-order chi connectivity index (χ0) is 11.1. The molecule has 0 fully saturated rings. The minimum Gasteiger partial charge on any atom is -0.466 e. The van der Waals surface area contributed by atoms with Crippen molar-refractivity contribution in [1.82, 2.24) is 0 Å². The number of halogens is 1. The number of alkyl halides is 1. The maximum Gasteiger partial charge on any atom is 0.361 e. The van der Waals surface area contributed by atoms with Crippen LogP contribution in [-0.2, 0) is 9.53 Å². The Labute approximate surface area is 90.1 Å². The second kappa shape index (κ2) is 3.34. The minimum absolute atomic E-state index is 0.338. The van der Waals surface area contributed by atoms with E-state index >= 15 is 0 Å². The van der Waals surface area contributed by atoms with Gasteiger partial charge in [0.1, 0.15) is 0 Å². The van der Waals surface area contributed by atoms with E-state index in [1.165, 1.54) is 0 Å². The minimum atomic E-state index is -2.39. The van der Waals surface area contributed by atoms with Gasteiger partial charge in [-0.1, -0.05) is 30.0 Å². The number of thioether (sulfide) groups is 1. The van der Waals surface area contributed by atoms with Gasteiger partial charge < -0.3 is 4.74 Å². The second-order valence-electron chi connectivity index (χ2n) is 3.06. The van der Waals surface area contributed by atoms with Crippen LogP contribution in [0.5, 0.6) is 0 Å². The van der Waals surface area contributed by atoms with E-state index in [1.54, 1.807) is 24.3 Å². The fraction of sp³-hybridized carbons (Fsp3) is 0.200. The summed E-state index contributed by atoms with van der Waals surface area (Å²) in [4.78, 5) is 11.8. The lowest BCUT2D eigenvalue weighted by Crippen LogP contribution is -2.36. The van der Waals surface area contributed by atoms with Crippen LogP contribution in [0.2, 0.25) is 0 Å². The van der Waals surface area contributed by atoms with Crippen LogP contribution in [0, 0.1) is 5.41 Å². The molecule has 1 aromatic rings. The molecular formula is C10H8FNO2S. The molecule has 0 aliphatic carbocycles. The Kier molecular flexibility index (Phi) is 2.26. The molecule has 1 unspecified atom stereocenters. The van der Waals surface area contributed by atoms with Crippen molar-refractivity contribution >= 4 is 23.4 Å². The highest BCUT2D eigenvalue weighted by Gasteiger charge is 2.51. The summed E-state index contributed by atoms with van der Waals surface area (Å²) in [6.07, 6.45) is 0. The normalized spacial score (nSPS) is 23.7. The first-order valence-electron chi connectivity index (χ1n) is 4.24. The molecule has 0 bridgehead atoms. The van der Waals surface area contributed by atoms with E-state index in [0.29, 0.717) is 22.2 Å². The quantitative estimate of drug-likeness (QED) is 0.744. The number of esters is 1. The average molecular weight is 225 g/mol. The lowest BCUT2D eigenvalue weighted by Gasteiger charge is -2.14. The van der Waals surface area contributed by atoms with Gasteiger partial charge in [-0.25, -0.2) is 9.18 Å². The van der Waals surface area contributed by atoms with Gasteiger partial charge in [-0.2, -0.15) is 0 Å². The van der Waals surface area contributed by atoms with Crippen molar-refractivity contribution in [2.75, 3.05) is 7.11 Å². The number of carbonyl (C=O) groups is 1. The summed E-state index contributed by atoms with van der Waals surface area (Å²) in [6, 6.07) is 6.74. The molecule has 0 amide bonds. The van der Waals surface area contributed by atoms with Crippen LogP contribution in [0.15, 0.2) is 29.2 Å². The molecule has 1 aromatic carbocycles. The summed E-state index contributed by atoms with van der Waals surface area (Å²) in [5.41, 5.74) is 0.116. The van der Waals surface area contributed by atoms with Crippen LogP contribution >= 0.6 is 11.8 Å². The van der Waals surface area contributed by atoms with Gasteiger partial charge in [-0.05, 0) is 6.07 Å². The summed E-state index contributed by atoms with van der Waals surface area (Å²) in [5, 5.41) is 5.23. The van der Waals surface area contributed by atoms with Gasteiger partial charge in [0.05, 0.1) is 12.8 Å². The number of rotatable bonds is 1. The van der Waals surface area contributed by atoms with E-state index < -0.39 is 11.0 Å². The predicted molar refractivity (Wildman–Crippen MR) is 55.0 cm³/mol. The van der Waals surface area contributed by atoms with Crippen LogP contribution in [0.4, 0.5) is 4.39 Å². The zero-order valence-corrected chi connectivity index (χ0v) is 8.73. The van der Waals surface area contributed by atoms with E-state index in [0.717, 1.165) is 7.11 Å². The van der Waals surface area contributed by atoms with Crippen LogP contribution in [0.3, 0.4) is 0 Å². The van der Waals surface area contributed by atoms with Crippen LogP contribution in [-0.4, -0.2) is 23.8 Å². The SMILES string of the molecule is COC(=O)C1(F)Sc2ccccc2C1=N. The number of ether oxygens (including phenoxy) is 1. The van der Waals surface area contributed by atoms with E-state index in [4.69, 9.17) is 5.41 Å². The molecule has 5 heteroatoms. The van der Waals surface area contributed by atoms with Gasteiger partial charge in [0.15, 0.2) is 0 Å². The molecule has 1 atom stereocenters. The Balaban J connectivity index is 2.47. The topological polar surface area (TPSA) is 50.2 Å². The monoisotopic (exact) mass is 225 g/mol. The number of benzene rings is 1. The van der Waals surface area contributed by atoms with Crippen molar-refractivity contribution in [3.8, 4) is 0 Å². The highest BCUT2D eigenvalue weighted by atomic mass is 32.2. The maximum absolute atomic E-state index is 14.2. The average Bonchev–Trinajstić information content (AvgIpc) is 2.52. The summed E-state index contributed by atoms with van der Waals surface area (Å²) in [5.74, 6) is -1.03. The number of fused-ring (bicyclic) bond motifs is 1. The Hall–Kier alpha value is -1.36. The Morgan fingerprint density at radius 2 is 2.20 bits per heavy atom. The third-order valence-electron chi connectivity index (χ3n) is 2.18. The van der Waals surface area contributed by atoms with Gasteiger partial charge in [0.2, 0.25) is 0 Å². The van der Waals surface area contributed by atoms with Gasteiger partial charge in [0, 0.05) is 10.5 Å². The molecular weight excluding hydrogens is 217 g/mol. The Morgan fingerprint density at radius 3 is 2.80 bits per heavy atom. The number of methoxy groups -OCH3 is 1. The van der Waals surface area contributed by atoms with Gasteiger partial charge >= 0.3 is 5.97 Å². The number of carbonyl (C=O) groups excluding carboxylic acids is 1. The van der Waals surface area contributed by atoms with Crippen molar-refractivity contribution in [3.63, 3.8) is 0 Å². The molecule has 0 saturated carbocycles. The molecule has 1 aliphatic rings. The fourth-order valence-electron chi connectivity index (χ4n) is 1.41. The van der Waals surface area contributed by atoms with Gasteiger partial charge in [0.25, 0.3) is 5.00 Å². The lowest BCUT2D eigenvalue weighted by atomic mass is 10.1. The Morgan fingerprint density at radius 1 is 1.53 bits per heavy atom. The first kappa shape index (κ1) is 10.2. The standard InChI is InChI=1S/C10H8FNO2S/c1-14-9(13)10(11)8(12)6-4-2-3-5-7(6)15-10/h2-5,12H,1H3.